The molecule has 0 radical (unpaired) electrons. The van der Waals surface area contributed by atoms with Gasteiger partial charge in [-0.15, -0.1) is 0 Å². The van der Waals surface area contributed by atoms with E-state index in [1.807, 2.05) is 55.5 Å². The minimum absolute atomic E-state index is 0.534. The smallest absolute Gasteiger partial charge is 0.257 e. The van der Waals surface area contributed by atoms with Gasteiger partial charge in [0.25, 0.3) is 5.89 Å². The molecule has 0 aliphatic heterocycles. The monoisotopic (exact) mass is 284 g/mol. The highest BCUT2D eigenvalue weighted by Crippen LogP contribution is 2.21. The fraction of sp³-hybridized carbons (Fsp3) is 0.125. The summed E-state index contributed by atoms with van der Waals surface area (Å²) in [6, 6.07) is 15.7. The third-order valence-corrected chi connectivity index (χ3v) is 3.44. The van der Waals surface area contributed by atoms with Gasteiger partial charge in [-0.2, -0.15) is 4.98 Å². The molecule has 100 valence electrons. The lowest BCUT2D eigenvalue weighted by Gasteiger charge is -1.99. The van der Waals surface area contributed by atoms with E-state index in [2.05, 4.69) is 10.1 Å². The number of rotatable bonds is 3. The molecule has 0 unspecified atom stereocenters. The maximum Gasteiger partial charge on any atom is 0.257 e. The van der Waals surface area contributed by atoms with Crippen molar-refractivity contribution in [2.24, 2.45) is 0 Å². The second-order valence-electron chi connectivity index (χ2n) is 4.65. The van der Waals surface area contributed by atoms with Crippen LogP contribution >= 0.6 is 11.6 Å². The van der Waals surface area contributed by atoms with Gasteiger partial charge in [0.1, 0.15) is 0 Å². The first-order valence-corrected chi connectivity index (χ1v) is 6.73. The van der Waals surface area contributed by atoms with Crippen LogP contribution < -0.4 is 0 Å². The molecule has 0 saturated heterocycles. The summed E-state index contributed by atoms with van der Waals surface area (Å²) in [6.07, 6.45) is 0.565. The van der Waals surface area contributed by atoms with Crippen molar-refractivity contribution in [3.05, 3.63) is 70.5 Å². The maximum atomic E-state index is 6.13. The Morgan fingerprint density at radius 3 is 2.55 bits per heavy atom. The Labute approximate surface area is 122 Å². The molecule has 0 aliphatic carbocycles. The molecular formula is C16H13ClN2O. The Balaban J connectivity index is 1.84. The lowest BCUT2D eigenvalue weighted by Crippen LogP contribution is -1.91. The summed E-state index contributed by atoms with van der Waals surface area (Å²) in [5, 5.41) is 4.72. The minimum Gasteiger partial charge on any atom is -0.334 e. The van der Waals surface area contributed by atoms with Crippen molar-refractivity contribution in [3.8, 4) is 11.5 Å². The van der Waals surface area contributed by atoms with Gasteiger partial charge >= 0.3 is 0 Å². The van der Waals surface area contributed by atoms with E-state index in [9.17, 15) is 0 Å². The van der Waals surface area contributed by atoms with Crippen molar-refractivity contribution < 1.29 is 4.52 Å². The number of aromatic nitrogens is 2. The van der Waals surface area contributed by atoms with Gasteiger partial charge in [-0.1, -0.05) is 52.7 Å². The average molecular weight is 285 g/mol. The van der Waals surface area contributed by atoms with Crippen LogP contribution in [0.5, 0.6) is 0 Å². The first kappa shape index (κ1) is 12.9. The SMILES string of the molecule is Cc1ccc(-c2nc(Cc3ccccc3Cl)no2)cc1. The number of hydrogen-bond acceptors (Lipinski definition) is 3. The van der Waals surface area contributed by atoms with Crippen molar-refractivity contribution in [1.29, 1.82) is 0 Å². The molecule has 3 aromatic rings. The minimum atomic E-state index is 0.534. The molecular weight excluding hydrogens is 272 g/mol. The number of benzene rings is 2. The highest BCUT2D eigenvalue weighted by atomic mass is 35.5. The Morgan fingerprint density at radius 2 is 1.80 bits per heavy atom. The summed E-state index contributed by atoms with van der Waals surface area (Å²) in [5.41, 5.74) is 3.11. The lowest BCUT2D eigenvalue weighted by atomic mass is 10.1. The highest BCUT2D eigenvalue weighted by molar-refractivity contribution is 6.31. The molecule has 1 aromatic heterocycles. The molecule has 2 aromatic carbocycles. The summed E-state index contributed by atoms with van der Waals surface area (Å²) in [5.74, 6) is 1.17. The topological polar surface area (TPSA) is 38.9 Å². The van der Waals surface area contributed by atoms with Gasteiger partial charge in [0.15, 0.2) is 5.82 Å². The third kappa shape index (κ3) is 2.73. The molecule has 0 amide bonds. The molecule has 4 heteroatoms. The number of halogens is 1. The molecule has 0 atom stereocenters. The number of nitrogens with zero attached hydrogens (tertiary/aromatic N) is 2. The van der Waals surface area contributed by atoms with E-state index >= 15 is 0 Å². The summed E-state index contributed by atoms with van der Waals surface area (Å²) in [4.78, 5) is 4.41. The van der Waals surface area contributed by atoms with Crippen LogP contribution in [0.15, 0.2) is 53.1 Å². The van der Waals surface area contributed by atoms with E-state index in [1.54, 1.807) is 0 Å². The van der Waals surface area contributed by atoms with Crippen LogP contribution in [0.3, 0.4) is 0 Å². The largest absolute Gasteiger partial charge is 0.334 e. The molecule has 3 nitrogen and oxygen atoms in total. The van der Waals surface area contributed by atoms with Gasteiger partial charge in [-0.3, -0.25) is 0 Å². The molecule has 1 heterocycles. The first-order valence-electron chi connectivity index (χ1n) is 6.35. The molecule has 20 heavy (non-hydrogen) atoms. The van der Waals surface area contributed by atoms with E-state index in [4.69, 9.17) is 16.1 Å². The van der Waals surface area contributed by atoms with Crippen LogP contribution in [0.1, 0.15) is 17.0 Å². The Kier molecular flexibility index (Phi) is 3.52. The van der Waals surface area contributed by atoms with Gasteiger partial charge < -0.3 is 4.52 Å². The van der Waals surface area contributed by atoms with Crippen molar-refractivity contribution in [3.63, 3.8) is 0 Å². The van der Waals surface area contributed by atoms with Gasteiger partial charge in [0.05, 0.1) is 0 Å². The summed E-state index contributed by atoms with van der Waals surface area (Å²) in [7, 11) is 0. The summed E-state index contributed by atoms with van der Waals surface area (Å²) >= 11 is 6.13. The second-order valence-corrected chi connectivity index (χ2v) is 5.06. The van der Waals surface area contributed by atoms with E-state index in [0.29, 0.717) is 23.2 Å². The van der Waals surface area contributed by atoms with Crippen molar-refractivity contribution in [2.75, 3.05) is 0 Å². The third-order valence-electron chi connectivity index (χ3n) is 3.07. The van der Waals surface area contributed by atoms with Crippen LogP contribution in [0.25, 0.3) is 11.5 Å². The van der Waals surface area contributed by atoms with Crippen LogP contribution in [-0.4, -0.2) is 10.1 Å². The normalized spacial score (nSPS) is 10.7. The Hall–Kier alpha value is -2.13. The molecule has 3 rings (SSSR count). The predicted molar refractivity (Wildman–Crippen MR) is 78.7 cm³/mol. The lowest BCUT2D eigenvalue weighted by molar-refractivity contribution is 0.424. The second kappa shape index (κ2) is 5.47. The van der Waals surface area contributed by atoms with Crippen molar-refractivity contribution in [1.82, 2.24) is 10.1 Å². The van der Waals surface area contributed by atoms with E-state index in [-0.39, 0.29) is 0 Å². The Bertz CT molecular complexity index is 719. The fourth-order valence-electron chi connectivity index (χ4n) is 1.95. The van der Waals surface area contributed by atoms with Crippen LogP contribution in [0, 0.1) is 6.92 Å². The van der Waals surface area contributed by atoms with Crippen molar-refractivity contribution >= 4 is 11.6 Å². The fourth-order valence-corrected chi connectivity index (χ4v) is 2.15. The maximum absolute atomic E-state index is 6.13. The summed E-state index contributed by atoms with van der Waals surface area (Å²) in [6.45, 7) is 2.04. The van der Waals surface area contributed by atoms with E-state index in [1.165, 1.54) is 5.56 Å². The van der Waals surface area contributed by atoms with E-state index < -0.39 is 0 Å². The predicted octanol–water partition coefficient (Wildman–Crippen LogP) is 4.29. The average Bonchev–Trinajstić information content (AvgIpc) is 2.91. The van der Waals surface area contributed by atoms with Gasteiger partial charge in [-0.05, 0) is 30.7 Å². The molecule has 0 bridgehead atoms. The van der Waals surface area contributed by atoms with Gasteiger partial charge in [-0.25, -0.2) is 0 Å². The highest BCUT2D eigenvalue weighted by Gasteiger charge is 2.10. The molecule has 0 fully saturated rings. The molecule has 0 saturated carbocycles. The van der Waals surface area contributed by atoms with Crippen molar-refractivity contribution in [2.45, 2.75) is 13.3 Å². The van der Waals surface area contributed by atoms with Crippen LogP contribution in [-0.2, 0) is 6.42 Å². The van der Waals surface area contributed by atoms with Crippen LogP contribution in [0.4, 0.5) is 0 Å². The zero-order valence-electron chi connectivity index (χ0n) is 11.0. The van der Waals surface area contributed by atoms with Gasteiger partial charge in [0, 0.05) is 17.0 Å². The number of hydrogen-bond donors (Lipinski definition) is 0. The first-order chi connectivity index (χ1) is 9.72. The molecule has 0 N–H and O–H groups in total. The summed E-state index contributed by atoms with van der Waals surface area (Å²) < 4.78 is 5.30. The van der Waals surface area contributed by atoms with E-state index in [0.717, 1.165) is 11.1 Å². The van der Waals surface area contributed by atoms with Crippen LogP contribution in [0.2, 0.25) is 5.02 Å². The molecule has 0 aliphatic rings. The standard InChI is InChI=1S/C16H13ClN2O/c1-11-6-8-12(9-7-11)16-18-15(19-20-16)10-13-4-2-3-5-14(13)17/h2-9H,10H2,1H3. The zero-order valence-corrected chi connectivity index (χ0v) is 11.8. The van der Waals surface area contributed by atoms with Gasteiger partial charge in [0.2, 0.25) is 0 Å². The Morgan fingerprint density at radius 1 is 1.05 bits per heavy atom. The number of aryl methyl sites for hydroxylation is 1. The molecule has 0 spiro atoms. The zero-order chi connectivity index (χ0) is 13.9. The quantitative estimate of drug-likeness (QED) is 0.720.